The normalized spacial score (nSPS) is 11.6. The molecule has 104 valence electrons. The molecule has 0 aliphatic heterocycles. The molecular formula is C15H16N2OS2. The van der Waals surface area contributed by atoms with Gasteiger partial charge in [-0.15, -0.1) is 22.7 Å². The number of carbonyl (C=O) groups excluding carboxylic acids is 1. The van der Waals surface area contributed by atoms with Crippen LogP contribution in [-0.2, 0) is 0 Å². The average Bonchev–Trinajstić information content (AvgIpc) is 3.05. The van der Waals surface area contributed by atoms with E-state index in [1.807, 2.05) is 12.3 Å². The van der Waals surface area contributed by atoms with Gasteiger partial charge in [-0.3, -0.25) is 4.79 Å². The second-order valence-corrected chi connectivity index (χ2v) is 6.58. The highest BCUT2D eigenvalue weighted by Gasteiger charge is 2.13. The minimum atomic E-state index is -0.0689. The van der Waals surface area contributed by atoms with Crippen LogP contribution >= 0.6 is 22.7 Å². The zero-order valence-corrected chi connectivity index (χ0v) is 13.0. The predicted molar refractivity (Wildman–Crippen MR) is 85.2 cm³/mol. The monoisotopic (exact) mass is 304 g/mol. The van der Waals surface area contributed by atoms with Gasteiger partial charge in [0, 0.05) is 15.1 Å². The molecule has 0 aliphatic rings. The van der Waals surface area contributed by atoms with E-state index >= 15 is 0 Å². The van der Waals surface area contributed by atoms with Crippen LogP contribution < -0.4 is 11.1 Å². The van der Waals surface area contributed by atoms with Crippen molar-refractivity contribution in [2.24, 2.45) is 5.73 Å². The number of hydrogen-bond acceptors (Lipinski definition) is 4. The average molecular weight is 304 g/mol. The van der Waals surface area contributed by atoms with Crippen LogP contribution in [0.15, 0.2) is 23.6 Å². The van der Waals surface area contributed by atoms with Gasteiger partial charge < -0.3 is 11.1 Å². The van der Waals surface area contributed by atoms with Crippen molar-refractivity contribution in [3.8, 4) is 11.8 Å². The molecule has 0 aromatic carbocycles. The quantitative estimate of drug-likeness (QED) is 0.857. The summed E-state index contributed by atoms with van der Waals surface area (Å²) in [5, 5.41) is 4.82. The molecular weight excluding hydrogens is 288 g/mol. The zero-order chi connectivity index (χ0) is 14.5. The van der Waals surface area contributed by atoms with Crippen LogP contribution in [-0.4, -0.2) is 12.5 Å². The van der Waals surface area contributed by atoms with Crippen LogP contribution in [0.3, 0.4) is 0 Å². The summed E-state index contributed by atoms with van der Waals surface area (Å²) in [4.78, 5) is 15.4. The van der Waals surface area contributed by atoms with Crippen LogP contribution in [0.4, 0.5) is 0 Å². The van der Waals surface area contributed by atoms with Crippen molar-refractivity contribution in [1.82, 2.24) is 5.32 Å². The molecule has 20 heavy (non-hydrogen) atoms. The Morgan fingerprint density at radius 2 is 2.30 bits per heavy atom. The van der Waals surface area contributed by atoms with E-state index in [0.29, 0.717) is 12.1 Å². The second-order valence-electron chi connectivity index (χ2n) is 4.35. The molecule has 0 aliphatic carbocycles. The lowest BCUT2D eigenvalue weighted by molar-refractivity contribution is 0.0941. The summed E-state index contributed by atoms with van der Waals surface area (Å²) in [5.74, 6) is 5.65. The largest absolute Gasteiger partial charge is 0.345 e. The Hall–Kier alpha value is -1.61. The molecule has 1 unspecified atom stereocenters. The number of carbonyl (C=O) groups is 1. The van der Waals surface area contributed by atoms with Gasteiger partial charge in [-0.05, 0) is 32.0 Å². The van der Waals surface area contributed by atoms with E-state index in [1.165, 1.54) is 16.2 Å². The van der Waals surface area contributed by atoms with Crippen LogP contribution in [0.5, 0.6) is 0 Å². The van der Waals surface area contributed by atoms with Crippen LogP contribution in [0, 0.1) is 18.8 Å². The molecule has 0 spiro atoms. The molecule has 0 fully saturated rings. The van der Waals surface area contributed by atoms with E-state index in [0.717, 1.165) is 9.75 Å². The van der Waals surface area contributed by atoms with E-state index in [2.05, 4.69) is 36.2 Å². The zero-order valence-electron chi connectivity index (χ0n) is 11.4. The Morgan fingerprint density at radius 1 is 1.50 bits per heavy atom. The maximum absolute atomic E-state index is 12.1. The first-order valence-corrected chi connectivity index (χ1v) is 7.94. The van der Waals surface area contributed by atoms with Crippen molar-refractivity contribution in [2.45, 2.75) is 19.9 Å². The van der Waals surface area contributed by atoms with Gasteiger partial charge in [-0.1, -0.05) is 11.8 Å². The van der Waals surface area contributed by atoms with Gasteiger partial charge in [0.2, 0.25) is 0 Å². The number of amides is 1. The van der Waals surface area contributed by atoms with Crippen molar-refractivity contribution >= 4 is 28.6 Å². The molecule has 2 aromatic heterocycles. The molecule has 3 nitrogen and oxygen atoms in total. The van der Waals surface area contributed by atoms with E-state index in [4.69, 9.17) is 5.73 Å². The first-order valence-electron chi connectivity index (χ1n) is 6.25. The molecule has 1 atom stereocenters. The van der Waals surface area contributed by atoms with Crippen molar-refractivity contribution in [2.75, 3.05) is 6.54 Å². The number of thiophene rings is 2. The lowest BCUT2D eigenvalue weighted by Crippen LogP contribution is -2.25. The highest BCUT2D eigenvalue weighted by Crippen LogP contribution is 2.23. The fourth-order valence-corrected chi connectivity index (χ4v) is 3.33. The smallest absolute Gasteiger partial charge is 0.252 e. The molecule has 0 bridgehead atoms. The molecule has 0 saturated heterocycles. The topological polar surface area (TPSA) is 55.1 Å². The Bertz CT molecular complexity index is 661. The molecule has 0 radical (unpaired) electrons. The fraction of sp³-hybridized carbons (Fsp3) is 0.267. The summed E-state index contributed by atoms with van der Waals surface area (Å²) < 4.78 is 0. The minimum Gasteiger partial charge on any atom is -0.345 e. The summed E-state index contributed by atoms with van der Waals surface area (Å²) >= 11 is 3.16. The number of aryl methyl sites for hydroxylation is 1. The third-order valence-corrected chi connectivity index (χ3v) is 4.74. The van der Waals surface area contributed by atoms with Gasteiger partial charge in [0.05, 0.1) is 23.0 Å². The van der Waals surface area contributed by atoms with Gasteiger partial charge in [0.25, 0.3) is 5.91 Å². The molecule has 2 rings (SSSR count). The first-order chi connectivity index (χ1) is 9.60. The van der Waals surface area contributed by atoms with Crippen LogP contribution in [0.1, 0.15) is 38.0 Å². The van der Waals surface area contributed by atoms with Gasteiger partial charge in [-0.25, -0.2) is 0 Å². The summed E-state index contributed by atoms with van der Waals surface area (Å²) in [6.45, 7) is 4.38. The van der Waals surface area contributed by atoms with Crippen LogP contribution in [0.25, 0.3) is 0 Å². The number of nitrogens with two attached hydrogens (primary N) is 1. The highest BCUT2D eigenvalue weighted by molar-refractivity contribution is 7.12. The Balaban J connectivity index is 2.02. The molecule has 2 heterocycles. The maximum atomic E-state index is 12.1. The molecule has 0 saturated carbocycles. The van der Waals surface area contributed by atoms with Gasteiger partial charge in [0.15, 0.2) is 0 Å². The lowest BCUT2D eigenvalue weighted by Gasteiger charge is -2.11. The Kier molecular flexibility index (Phi) is 4.96. The lowest BCUT2D eigenvalue weighted by atomic mass is 10.2. The van der Waals surface area contributed by atoms with E-state index < -0.39 is 0 Å². The van der Waals surface area contributed by atoms with E-state index in [9.17, 15) is 4.79 Å². The standard InChI is InChI=1S/C15H16N2OS2/c1-10-5-6-14(20-10)11(2)17-15(18)12-8-13(19-9-12)4-3-7-16/h5-6,8-9,11H,7,16H2,1-2H3,(H,17,18). The third kappa shape index (κ3) is 3.70. The highest BCUT2D eigenvalue weighted by atomic mass is 32.1. The number of nitrogens with one attached hydrogen (secondary N) is 1. The third-order valence-electron chi connectivity index (χ3n) is 2.71. The summed E-state index contributed by atoms with van der Waals surface area (Å²) in [6, 6.07) is 5.93. The predicted octanol–water partition coefficient (Wildman–Crippen LogP) is 2.92. The maximum Gasteiger partial charge on any atom is 0.252 e. The van der Waals surface area contributed by atoms with Gasteiger partial charge >= 0.3 is 0 Å². The van der Waals surface area contributed by atoms with Crippen molar-refractivity contribution < 1.29 is 4.79 Å². The van der Waals surface area contributed by atoms with E-state index in [1.54, 1.807) is 17.4 Å². The van der Waals surface area contributed by atoms with Crippen molar-refractivity contribution in [3.05, 3.63) is 43.8 Å². The molecule has 3 N–H and O–H groups in total. The molecule has 5 heteroatoms. The Labute approximate surface area is 126 Å². The second kappa shape index (κ2) is 6.71. The van der Waals surface area contributed by atoms with Crippen LogP contribution in [0.2, 0.25) is 0 Å². The summed E-state index contributed by atoms with van der Waals surface area (Å²) in [7, 11) is 0. The van der Waals surface area contributed by atoms with E-state index in [-0.39, 0.29) is 11.9 Å². The van der Waals surface area contributed by atoms with Crippen molar-refractivity contribution in [3.63, 3.8) is 0 Å². The molecule has 1 amide bonds. The molecule has 2 aromatic rings. The van der Waals surface area contributed by atoms with Gasteiger partial charge in [0.1, 0.15) is 0 Å². The van der Waals surface area contributed by atoms with Gasteiger partial charge in [-0.2, -0.15) is 0 Å². The first kappa shape index (κ1) is 14.8. The van der Waals surface area contributed by atoms with Crippen molar-refractivity contribution in [1.29, 1.82) is 0 Å². The fourth-order valence-electron chi connectivity index (χ4n) is 1.70. The minimum absolute atomic E-state index is 0.0136. The SMILES string of the molecule is Cc1ccc(C(C)NC(=O)c2csc(C#CCN)c2)s1. The summed E-state index contributed by atoms with van der Waals surface area (Å²) in [6.07, 6.45) is 0. The Morgan fingerprint density at radius 3 is 2.95 bits per heavy atom. The number of hydrogen-bond donors (Lipinski definition) is 2. The number of rotatable bonds is 3. The summed E-state index contributed by atoms with van der Waals surface area (Å²) in [5.41, 5.74) is 5.98.